The van der Waals surface area contributed by atoms with E-state index in [4.69, 9.17) is 0 Å². The molecule has 0 aliphatic carbocycles. The van der Waals surface area contributed by atoms with Gasteiger partial charge < -0.3 is 10.0 Å². The van der Waals surface area contributed by atoms with Crippen molar-refractivity contribution in [3.8, 4) is 0 Å². The third-order valence-corrected chi connectivity index (χ3v) is 3.85. The molecule has 0 fully saturated rings. The molecule has 0 radical (unpaired) electrons. The number of aromatic nitrogens is 2. The summed E-state index contributed by atoms with van der Waals surface area (Å²) in [7, 11) is 0. The molecule has 0 saturated heterocycles. The van der Waals surface area contributed by atoms with Crippen molar-refractivity contribution in [2.75, 3.05) is 13.1 Å². The number of hydrogen-bond acceptors (Lipinski definition) is 4. The highest BCUT2D eigenvalue weighted by Gasteiger charge is 2.23. The molecule has 0 aliphatic heterocycles. The molecule has 1 aromatic heterocycles. The molecule has 1 heterocycles. The fraction of sp³-hybridized carbons (Fsp3) is 0.421. The van der Waals surface area contributed by atoms with Crippen LogP contribution in [0.1, 0.15) is 47.4 Å². The number of hydrogen-bond donors (Lipinski definition) is 1. The van der Waals surface area contributed by atoms with Crippen LogP contribution in [0.5, 0.6) is 0 Å². The first kappa shape index (κ1) is 19.0. The number of rotatable bonds is 6. The summed E-state index contributed by atoms with van der Waals surface area (Å²) in [5.74, 6) is 0.262. The third kappa shape index (κ3) is 5.06. The Morgan fingerprint density at radius 3 is 2.40 bits per heavy atom. The predicted molar refractivity (Wildman–Crippen MR) is 93.6 cm³/mol. The van der Waals surface area contributed by atoms with Crippen LogP contribution in [-0.2, 0) is 0 Å². The van der Waals surface area contributed by atoms with Gasteiger partial charge in [-0.05, 0) is 37.5 Å². The summed E-state index contributed by atoms with van der Waals surface area (Å²) in [6, 6.07) is 5.65. The Morgan fingerprint density at radius 2 is 1.84 bits per heavy atom. The van der Waals surface area contributed by atoms with Gasteiger partial charge in [0.05, 0.1) is 23.9 Å². The smallest absolute Gasteiger partial charge is 0.257 e. The average molecular weight is 345 g/mol. The van der Waals surface area contributed by atoms with Gasteiger partial charge in [-0.25, -0.2) is 14.4 Å². The predicted octanol–water partition coefficient (Wildman–Crippen LogP) is 3.06. The lowest BCUT2D eigenvalue weighted by molar-refractivity contribution is 0.0593. The van der Waals surface area contributed by atoms with Crippen LogP contribution in [-0.4, -0.2) is 39.0 Å². The lowest BCUT2D eigenvalue weighted by Gasteiger charge is -2.27. The summed E-state index contributed by atoms with van der Waals surface area (Å²) in [6.45, 7) is 8.16. The van der Waals surface area contributed by atoms with E-state index in [1.165, 1.54) is 30.5 Å². The molecule has 0 spiro atoms. The highest BCUT2D eigenvalue weighted by molar-refractivity contribution is 5.95. The number of aliphatic hydroxyl groups is 1. The minimum absolute atomic E-state index is 0.121. The van der Waals surface area contributed by atoms with Crippen molar-refractivity contribution >= 4 is 5.91 Å². The van der Waals surface area contributed by atoms with Gasteiger partial charge in [-0.2, -0.15) is 0 Å². The molecule has 6 heteroatoms. The van der Waals surface area contributed by atoms with E-state index in [-0.39, 0.29) is 24.2 Å². The van der Waals surface area contributed by atoms with Crippen molar-refractivity contribution in [2.24, 2.45) is 5.92 Å². The Morgan fingerprint density at radius 1 is 1.20 bits per heavy atom. The summed E-state index contributed by atoms with van der Waals surface area (Å²) in [5, 5.41) is 10.5. The largest absolute Gasteiger partial charge is 0.387 e. The third-order valence-electron chi connectivity index (χ3n) is 3.85. The molecule has 0 bridgehead atoms. The van der Waals surface area contributed by atoms with E-state index >= 15 is 0 Å². The summed E-state index contributed by atoms with van der Waals surface area (Å²) in [4.78, 5) is 22.9. The zero-order chi connectivity index (χ0) is 18.6. The Kier molecular flexibility index (Phi) is 6.20. The monoisotopic (exact) mass is 345 g/mol. The molecule has 134 valence electrons. The Balaban J connectivity index is 2.22. The number of aliphatic hydroxyl groups excluding tert-OH is 1. The Hall–Kier alpha value is -2.34. The highest BCUT2D eigenvalue weighted by Crippen LogP contribution is 2.18. The number of nitrogens with zero attached hydrogens (tertiary/aromatic N) is 3. The molecule has 1 aromatic carbocycles. The van der Waals surface area contributed by atoms with E-state index in [1.807, 2.05) is 13.8 Å². The van der Waals surface area contributed by atoms with Crippen molar-refractivity contribution in [3.63, 3.8) is 0 Å². The number of carbonyl (C=O) groups excluding carboxylic acids is 1. The van der Waals surface area contributed by atoms with Gasteiger partial charge in [-0.3, -0.25) is 4.79 Å². The van der Waals surface area contributed by atoms with Gasteiger partial charge in [0.15, 0.2) is 0 Å². The normalized spacial score (nSPS) is 12.3. The van der Waals surface area contributed by atoms with Crippen molar-refractivity contribution in [1.82, 2.24) is 14.9 Å². The molecule has 0 aliphatic rings. The van der Waals surface area contributed by atoms with E-state index in [1.54, 1.807) is 18.7 Å². The van der Waals surface area contributed by atoms with Crippen LogP contribution in [0.2, 0.25) is 0 Å². The zero-order valence-electron chi connectivity index (χ0n) is 15.0. The fourth-order valence-corrected chi connectivity index (χ4v) is 2.64. The fourth-order valence-electron chi connectivity index (χ4n) is 2.64. The summed E-state index contributed by atoms with van der Waals surface area (Å²) < 4.78 is 13.1. The first-order chi connectivity index (χ1) is 11.8. The molecule has 2 rings (SSSR count). The second kappa shape index (κ2) is 8.16. The minimum atomic E-state index is -0.894. The van der Waals surface area contributed by atoms with Gasteiger partial charge in [-0.15, -0.1) is 0 Å². The molecule has 1 unspecified atom stereocenters. The number of benzene rings is 1. The first-order valence-electron chi connectivity index (χ1n) is 8.31. The number of halogens is 1. The van der Waals surface area contributed by atoms with Gasteiger partial charge in [-0.1, -0.05) is 26.0 Å². The van der Waals surface area contributed by atoms with Crippen LogP contribution in [0.4, 0.5) is 4.39 Å². The van der Waals surface area contributed by atoms with E-state index in [2.05, 4.69) is 9.97 Å². The first-order valence-corrected chi connectivity index (χ1v) is 8.31. The van der Waals surface area contributed by atoms with Crippen molar-refractivity contribution in [3.05, 3.63) is 58.9 Å². The standard InChI is InChI=1S/C19H24FN3O2/c1-12(2)10-23(11-18(24)15-5-7-16(20)8-6-15)19(25)17-9-21-14(4)22-13(17)3/h5-9,12,18,24H,10-11H2,1-4H3. The van der Waals surface area contributed by atoms with Gasteiger partial charge in [0.2, 0.25) is 0 Å². The van der Waals surface area contributed by atoms with Gasteiger partial charge in [0, 0.05) is 12.7 Å². The van der Waals surface area contributed by atoms with Crippen LogP contribution < -0.4 is 0 Å². The van der Waals surface area contributed by atoms with Crippen molar-refractivity contribution in [2.45, 2.75) is 33.8 Å². The summed E-state index contributed by atoms with van der Waals surface area (Å²) in [5.41, 5.74) is 1.61. The van der Waals surface area contributed by atoms with E-state index in [0.29, 0.717) is 29.2 Å². The maximum absolute atomic E-state index is 13.1. The SMILES string of the molecule is Cc1ncc(C(=O)N(CC(C)C)CC(O)c2ccc(F)cc2)c(C)n1. The van der Waals surface area contributed by atoms with E-state index < -0.39 is 6.10 Å². The summed E-state index contributed by atoms with van der Waals surface area (Å²) >= 11 is 0. The van der Waals surface area contributed by atoms with Crippen LogP contribution in [0.25, 0.3) is 0 Å². The van der Waals surface area contributed by atoms with E-state index in [0.717, 1.165) is 0 Å². The lowest BCUT2D eigenvalue weighted by atomic mass is 10.1. The van der Waals surface area contributed by atoms with Crippen molar-refractivity contribution < 1.29 is 14.3 Å². The maximum atomic E-state index is 13.1. The average Bonchev–Trinajstić information content (AvgIpc) is 2.53. The molecule has 1 N–H and O–H groups in total. The minimum Gasteiger partial charge on any atom is -0.387 e. The molecular weight excluding hydrogens is 321 g/mol. The van der Waals surface area contributed by atoms with Crippen LogP contribution in [0.3, 0.4) is 0 Å². The molecule has 0 saturated carbocycles. The number of amides is 1. The lowest BCUT2D eigenvalue weighted by Crippen LogP contribution is -2.38. The molecule has 1 atom stereocenters. The van der Waals surface area contributed by atoms with Crippen LogP contribution in [0.15, 0.2) is 30.5 Å². The van der Waals surface area contributed by atoms with Crippen molar-refractivity contribution in [1.29, 1.82) is 0 Å². The zero-order valence-corrected chi connectivity index (χ0v) is 15.0. The second-order valence-electron chi connectivity index (χ2n) is 6.59. The number of aryl methyl sites for hydroxylation is 2. The second-order valence-corrected chi connectivity index (χ2v) is 6.59. The maximum Gasteiger partial charge on any atom is 0.257 e. The van der Waals surface area contributed by atoms with Gasteiger partial charge in [0.25, 0.3) is 5.91 Å². The molecule has 1 amide bonds. The topological polar surface area (TPSA) is 66.3 Å². The molecule has 2 aromatic rings. The Bertz CT molecular complexity index is 732. The van der Waals surface area contributed by atoms with Gasteiger partial charge >= 0.3 is 0 Å². The molecule has 5 nitrogen and oxygen atoms in total. The Labute approximate surface area is 147 Å². The van der Waals surface area contributed by atoms with Gasteiger partial charge in [0.1, 0.15) is 11.6 Å². The highest BCUT2D eigenvalue weighted by atomic mass is 19.1. The summed E-state index contributed by atoms with van der Waals surface area (Å²) in [6.07, 6.45) is 0.632. The van der Waals surface area contributed by atoms with Crippen LogP contribution in [0, 0.1) is 25.6 Å². The molecule has 25 heavy (non-hydrogen) atoms. The van der Waals surface area contributed by atoms with Crippen LogP contribution >= 0.6 is 0 Å². The molecular formula is C19H24FN3O2. The van der Waals surface area contributed by atoms with E-state index in [9.17, 15) is 14.3 Å². The quantitative estimate of drug-likeness (QED) is 0.874. The number of carbonyl (C=O) groups is 1.